The first kappa shape index (κ1) is 14.4. The van der Waals surface area contributed by atoms with Crippen LogP contribution in [0.5, 0.6) is 11.6 Å². The van der Waals surface area contributed by atoms with Crippen LogP contribution in [0.4, 0.5) is 4.39 Å². The van der Waals surface area contributed by atoms with Crippen LogP contribution in [-0.2, 0) is 0 Å². The number of halogens is 2. The van der Waals surface area contributed by atoms with Gasteiger partial charge in [0.05, 0.1) is 5.39 Å². The molecular formula is C15H12BrFN2OS. The van der Waals surface area contributed by atoms with Gasteiger partial charge in [0.2, 0.25) is 5.88 Å². The Bertz CT molecular complexity index is 847. The summed E-state index contributed by atoms with van der Waals surface area (Å²) >= 11 is 4.82. The van der Waals surface area contributed by atoms with Gasteiger partial charge in [-0.1, -0.05) is 15.9 Å². The number of aromatic nitrogens is 2. The van der Waals surface area contributed by atoms with Crippen molar-refractivity contribution in [2.75, 3.05) is 0 Å². The fourth-order valence-corrected chi connectivity index (χ4v) is 3.45. The Morgan fingerprint density at radius 1 is 1.19 bits per heavy atom. The fraction of sp³-hybridized carbons (Fsp3) is 0.200. The number of hydrogen-bond donors (Lipinski definition) is 0. The summed E-state index contributed by atoms with van der Waals surface area (Å²) in [4.78, 5) is 10.8. The first-order valence-corrected chi connectivity index (χ1v) is 7.94. The molecule has 108 valence electrons. The number of fused-ring (bicyclic) bond motifs is 1. The lowest BCUT2D eigenvalue weighted by molar-refractivity contribution is 0.430. The second-order valence-corrected chi connectivity index (χ2v) is 6.84. The number of aryl methyl sites for hydroxylation is 3. The van der Waals surface area contributed by atoms with Gasteiger partial charge in [-0.3, -0.25) is 0 Å². The molecule has 0 saturated heterocycles. The van der Waals surface area contributed by atoms with E-state index in [0.29, 0.717) is 16.2 Å². The minimum absolute atomic E-state index is 0.154. The quantitative estimate of drug-likeness (QED) is 0.616. The molecule has 0 fully saturated rings. The molecule has 3 rings (SSSR count). The van der Waals surface area contributed by atoms with Crippen molar-refractivity contribution < 1.29 is 9.13 Å². The average molecular weight is 367 g/mol. The molecule has 2 aromatic heterocycles. The van der Waals surface area contributed by atoms with Crippen LogP contribution in [0.2, 0.25) is 0 Å². The molecule has 0 aliphatic rings. The van der Waals surface area contributed by atoms with Crippen LogP contribution < -0.4 is 4.74 Å². The van der Waals surface area contributed by atoms with Gasteiger partial charge >= 0.3 is 0 Å². The summed E-state index contributed by atoms with van der Waals surface area (Å²) in [7, 11) is 0. The van der Waals surface area contributed by atoms with E-state index in [-0.39, 0.29) is 5.75 Å². The second kappa shape index (κ2) is 5.35. The highest BCUT2D eigenvalue weighted by Gasteiger charge is 2.16. The monoisotopic (exact) mass is 366 g/mol. The predicted octanol–water partition coefficient (Wildman–Crippen LogP) is 5.31. The average Bonchev–Trinajstić information content (AvgIpc) is 2.68. The van der Waals surface area contributed by atoms with Crippen molar-refractivity contribution in [1.82, 2.24) is 9.97 Å². The first-order chi connectivity index (χ1) is 9.95. The summed E-state index contributed by atoms with van der Waals surface area (Å²) in [6.07, 6.45) is 0. The van der Waals surface area contributed by atoms with Crippen molar-refractivity contribution in [1.29, 1.82) is 0 Å². The lowest BCUT2D eigenvalue weighted by Gasteiger charge is -2.08. The highest BCUT2D eigenvalue weighted by Crippen LogP contribution is 2.37. The van der Waals surface area contributed by atoms with Gasteiger partial charge in [-0.15, -0.1) is 11.3 Å². The maximum absolute atomic E-state index is 13.9. The Kier molecular flexibility index (Phi) is 3.67. The summed E-state index contributed by atoms with van der Waals surface area (Å²) in [5, 5.41) is 0.852. The Hall–Kier alpha value is -1.53. The molecule has 21 heavy (non-hydrogen) atoms. The van der Waals surface area contributed by atoms with Crippen molar-refractivity contribution >= 4 is 37.5 Å². The Morgan fingerprint density at radius 2 is 1.95 bits per heavy atom. The van der Waals surface area contributed by atoms with E-state index in [9.17, 15) is 4.39 Å². The Morgan fingerprint density at radius 3 is 2.67 bits per heavy atom. The molecule has 0 aliphatic heterocycles. The molecule has 2 heterocycles. The van der Waals surface area contributed by atoms with Gasteiger partial charge < -0.3 is 4.74 Å². The molecule has 3 nitrogen and oxygen atoms in total. The van der Waals surface area contributed by atoms with Crippen molar-refractivity contribution in [3.63, 3.8) is 0 Å². The Balaban J connectivity index is 2.15. The molecule has 0 radical (unpaired) electrons. The van der Waals surface area contributed by atoms with Crippen LogP contribution in [0.25, 0.3) is 10.2 Å². The minimum Gasteiger partial charge on any atom is -0.435 e. The summed E-state index contributed by atoms with van der Waals surface area (Å²) in [5.41, 5.74) is 1.07. The largest absolute Gasteiger partial charge is 0.435 e. The minimum atomic E-state index is -0.432. The van der Waals surface area contributed by atoms with Crippen molar-refractivity contribution in [3.8, 4) is 11.6 Å². The van der Waals surface area contributed by atoms with E-state index < -0.39 is 5.82 Å². The molecule has 6 heteroatoms. The zero-order chi connectivity index (χ0) is 15.1. The third-order valence-electron chi connectivity index (χ3n) is 3.21. The van der Waals surface area contributed by atoms with Gasteiger partial charge in [-0.2, -0.15) is 4.98 Å². The van der Waals surface area contributed by atoms with Gasteiger partial charge in [-0.05, 0) is 44.5 Å². The van der Waals surface area contributed by atoms with E-state index in [0.717, 1.165) is 20.7 Å². The highest BCUT2D eigenvalue weighted by atomic mass is 79.9. The molecule has 1 aromatic carbocycles. The predicted molar refractivity (Wildman–Crippen MR) is 85.8 cm³/mol. The van der Waals surface area contributed by atoms with Crippen LogP contribution in [0.3, 0.4) is 0 Å². The molecule has 0 spiro atoms. The lowest BCUT2D eigenvalue weighted by atomic mass is 10.2. The van der Waals surface area contributed by atoms with Gasteiger partial charge in [-0.25, -0.2) is 9.37 Å². The van der Waals surface area contributed by atoms with Crippen LogP contribution >= 0.6 is 27.3 Å². The number of hydrogen-bond acceptors (Lipinski definition) is 4. The fourth-order valence-electron chi connectivity index (χ4n) is 2.05. The van der Waals surface area contributed by atoms with E-state index in [4.69, 9.17) is 4.74 Å². The summed E-state index contributed by atoms with van der Waals surface area (Å²) in [5.74, 6) is 0.732. The van der Waals surface area contributed by atoms with Gasteiger partial charge in [0, 0.05) is 9.35 Å². The van der Waals surface area contributed by atoms with Crippen LogP contribution in [-0.4, -0.2) is 9.97 Å². The van der Waals surface area contributed by atoms with E-state index in [1.54, 1.807) is 30.4 Å². The van der Waals surface area contributed by atoms with E-state index in [1.807, 2.05) is 13.8 Å². The molecule has 0 amide bonds. The number of thiophene rings is 1. The molecule has 0 saturated carbocycles. The number of rotatable bonds is 2. The zero-order valence-corrected chi connectivity index (χ0v) is 14.1. The summed E-state index contributed by atoms with van der Waals surface area (Å²) in [6.45, 7) is 5.83. The molecule has 0 unspecified atom stereocenters. The summed E-state index contributed by atoms with van der Waals surface area (Å²) in [6, 6.07) is 4.68. The third kappa shape index (κ3) is 2.65. The maximum atomic E-state index is 13.9. The number of ether oxygens (including phenoxy) is 1. The molecule has 0 bridgehead atoms. The standard InChI is InChI=1S/C15H12BrFN2OS/c1-7-8(2)21-15-13(7)14(18-9(3)19-15)20-12-5-4-10(16)6-11(12)17/h4-6H,1-3H3. The number of benzene rings is 1. The Labute approximate surface area is 133 Å². The maximum Gasteiger partial charge on any atom is 0.231 e. The van der Waals surface area contributed by atoms with E-state index >= 15 is 0 Å². The second-order valence-electron chi connectivity index (χ2n) is 4.72. The van der Waals surface area contributed by atoms with E-state index in [1.165, 1.54) is 6.07 Å². The molecular weight excluding hydrogens is 355 g/mol. The lowest BCUT2D eigenvalue weighted by Crippen LogP contribution is -1.96. The van der Waals surface area contributed by atoms with Gasteiger partial charge in [0.15, 0.2) is 11.6 Å². The van der Waals surface area contributed by atoms with Crippen LogP contribution in [0.1, 0.15) is 16.3 Å². The van der Waals surface area contributed by atoms with Crippen LogP contribution in [0.15, 0.2) is 22.7 Å². The van der Waals surface area contributed by atoms with Gasteiger partial charge in [0.1, 0.15) is 10.7 Å². The normalized spacial score (nSPS) is 11.1. The van der Waals surface area contributed by atoms with Crippen molar-refractivity contribution in [3.05, 3.63) is 44.8 Å². The van der Waals surface area contributed by atoms with Gasteiger partial charge in [0.25, 0.3) is 0 Å². The van der Waals surface area contributed by atoms with Crippen LogP contribution in [0, 0.1) is 26.6 Å². The van der Waals surface area contributed by atoms with E-state index in [2.05, 4.69) is 25.9 Å². The van der Waals surface area contributed by atoms with Crippen molar-refractivity contribution in [2.24, 2.45) is 0 Å². The smallest absolute Gasteiger partial charge is 0.231 e. The third-order valence-corrected chi connectivity index (χ3v) is 4.80. The zero-order valence-electron chi connectivity index (χ0n) is 11.7. The first-order valence-electron chi connectivity index (χ1n) is 6.33. The van der Waals surface area contributed by atoms with Crippen molar-refractivity contribution in [2.45, 2.75) is 20.8 Å². The number of nitrogens with zero attached hydrogens (tertiary/aromatic N) is 2. The molecule has 3 aromatic rings. The molecule has 0 N–H and O–H groups in total. The SMILES string of the molecule is Cc1nc(Oc2ccc(Br)cc2F)c2c(C)c(C)sc2n1. The topological polar surface area (TPSA) is 35.0 Å². The summed E-state index contributed by atoms with van der Waals surface area (Å²) < 4.78 is 20.3. The highest BCUT2D eigenvalue weighted by molar-refractivity contribution is 9.10. The molecule has 0 atom stereocenters. The molecule has 0 aliphatic carbocycles.